The van der Waals surface area contributed by atoms with Crippen molar-refractivity contribution in [3.8, 4) is 0 Å². The third-order valence-electron chi connectivity index (χ3n) is 4.63. The van der Waals surface area contributed by atoms with Gasteiger partial charge in [-0.25, -0.2) is 0 Å². The molecule has 2 heterocycles. The summed E-state index contributed by atoms with van der Waals surface area (Å²) in [7, 11) is 2.25. The zero-order chi connectivity index (χ0) is 22.9. The molecule has 2 aromatic heterocycles. The Morgan fingerprint density at radius 3 is 1.32 bits per heavy atom. The van der Waals surface area contributed by atoms with Crippen molar-refractivity contribution in [3.05, 3.63) is 45.8 Å². The van der Waals surface area contributed by atoms with E-state index in [2.05, 4.69) is 0 Å². The molecule has 31 heavy (non-hydrogen) atoms. The number of imidazole rings is 2. The molecule has 0 saturated heterocycles. The Labute approximate surface area is 207 Å². The molecule has 0 N–H and O–H groups in total. The smallest absolute Gasteiger partial charge is 0.460 e. The van der Waals surface area contributed by atoms with Crippen molar-refractivity contribution in [2.24, 2.45) is 0 Å². The minimum absolute atomic E-state index is 0. The van der Waals surface area contributed by atoms with E-state index in [0.29, 0.717) is 26.4 Å². The maximum atomic E-state index is 12.4. The fourth-order valence-corrected chi connectivity index (χ4v) is 2.87. The number of hydrogen-bond donors (Lipinski definition) is 0. The monoisotopic (exact) mass is 448 g/mol. The van der Waals surface area contributed by atoms with E-state index in [9.17, 15) is 9.59 Å². The molecule has 0 bridgehead atoms. The first kappa shape index (κ1) is 30.0. The summed E-state index contributed by atoms with van der Waals surface area (Å²) < 4.78 is 21.3. The Morgan fingerprint density at radius 1 is 0.710 bits per heavy atom. The summed E-state index contributed by atoms with van der Waals surface area (Å²) >= 11 is 0. The third kappa shape index (κ3) is 9.55. The Morgan fingerprint density at radius 2 is 1.06 bits per heavy atom. The molecule has 0 aliphatic carbocycles. The molecule has 0 fully saturated rings. The Hall–Kier alpha value is -1.04. The predicted molar refractivity (Wildman–Crippen MR) is 121 cm³/mol. The summed E-state index contributed by atoms with van der Waals surface area (Å²) in [6.07, 6.45) is 7.12. The van der Waals surface area contributed by atoms with Crippen molar-refractivity contribution in [1.29, 1.82) is 0 Å². The van der Waals surface area contributed by atoms with Gasteiger partial charge >= 0.3 is 29.6 Å². The second-order valence-electron chi connectivity index (χ2n) is 9.26. The predicted octanol–water partition coefficient (Wildman–Crippen LogP) is -2.18. The summed E-state index contributed by atoms with van der Waals surface area (Å²) in [6, 6.07) is 0. The second-order valence-corrected chi connectivity index (χ2v) is 9.26. The van der Waals surface area contributed by atoms with Gasteiger partial charge in [-0.2, -0.15) is 0 Å². The van der Waals surface area contributed by atoms with E-state index >= 15 is 0 Å². The summed E-state index contributed by atoms with van der Waals surface area (Å²) in [4.78, 5) is 24.7. The average Bonchev–Trinajstić information content (AvgIpc) is 3.19. The Kier molecular flexibility index (Phi) is 13.0. The van der Waals surface area contributed by atoms with Crippen molar-refractivity contribution in [2.75, 3.05) is 40.6 Å². The molecule has 172 valence electrons. The van der Waals surface area contributed by atoms with E-state index in [-0.39, 0.29) is 52.0 Å². The topological polar surface area (TPSA) is 81.6 Å². The van der Waals surface area contributed by atoms with Gasteiger partial charge in [0.05, 0.1) is 26.4 Å². The molecule has 0 aliphatic rings. The summed E-state index contributed by atoms with van der Waals surface area (Å²) in [5, 5.41) is 0. The number of nitrogens with zero attached hydrogens (tertiary/aromatic N) is 4. The van der Waals surface area contributed by atoms with Gasteiger partial charge in [-0.05, 0) is 53.9 Å². The van der Waals surface area contributed by atoms with Crippen molar-refractivity contribution in [1.82, 2.24) is 18.1 Å². The second kappa shape index (κ2) is 13.5. The molecule has 2 rings (SSSR count). The fourth-order valence-electron chi connectivity index (χ4n) is 2.87. The van der Waals surface area contributed by atoms with Gasteiger partial charge in [0.1, 0.15) is 0 Å². The van der Waals surface area contributed by atoms with E-state index in [1.165, 1.54) is 0 Å². The third-order valence-corrected chi connectivity index (χ3v) is 4.63. The molecule has 0 aromatic carbocycles. The number of rotatable bonds is 8. The number of ether oxygens (including phenoxy) is 3. The summed E-state index contributed by atoms with van der Waals surface area (Å²) in [5.74, 6) is 0. The molecule has 0 saturated carbocycles. The fraction of sp³-hybridized carbons (Fsp3) is 0.700. The van der Waals surface area contributed by atoms with Crippen LogP contribution in [0, 0.1) is 0 Å². The summed E-state index contributed by atoms with van der Waals surface area (Å²) in [5.41, 5.74) is -0.621. The van der Waals surface area contributed by atoms with E-state index in [1.807, 2.05) is 41.5 Å². The molecule has 0 unspecified atom stereocenters. The van der Waals surface area contributed by atoms with Gasteiger partial charge in [0.2, 0.25) is 0 Å². The van der Waals surface area contributed by atoms with Crippen molar-refractivity contribution in [3.63, 3.8) is 0 Å². The van der Waals surface area contributed by atoms with Crippen molar-refractivity contribution in [2.45, 2.75) is 52.6 Å². The van der Waals surface area contributed by atoms with Crippen LogP contribution in [0.2, 0.25) is 0 Å². The van der Waals surface area contributed by atoms with Crippen LogP contribution in [-0.4, -0.2) is 66.3 Å². The molecular weight excluding hydrogens is 410 g/mol. The SMILES string of the molecule is CC(C)(C)n1ccn([BH2-]n2ccn(C(C)(C)C)c2=O)c1=O.COCCOCCOC.[Na+]. The largest absolute Gasteiger partial charge is 1.00 e. The van der Waals surface area contributed by atoms with Crippen LogP contribution in [0.5, 0.6) is 0 Å². The first-order valence-corrected chi connectivity index (χ1v) is 10.3. The molecule has 0 radical (unpaired) electrons. The summed E-state index contributed by atoms with van der Waals surface area (Å²) in [6.45, 7) is 14.5. The number of hydrogen-bond acceptors (Lipinski definition) is 5. The van der Waals surface area contributed by atoms with Crippen LogP contribution in [-0.2, 0) is 25.3 Å². The molecule has 9 nitrogen and oxygen atoms in total. The van der Waals surface area contributed by atoms with Crippen molar-refractivity contribution < 1.29 is 43.8 Å². The van der Waals surface area contributed by atoms with Crippen LogP contribution in [0.3, 0.4) is 0 Å². The Bertz CT molecular complexity index is 803. The zero-order valence-electron chi connectivity index (χ0n) is 21.0. The molecule has 0 atom stereocenters. The normalized spacial score (nSPS) is 11.6. The molecule has 0 spiro atoms. The molecular formula is C20H38BN4NaO5. The quantitative estimate of drug-likeness (QED) is 0.339. The van der Waals surface area contributed by atoms with Gasteiger partial charge < -0.3 is 23.2 Å². The van der Waals surface area contributed by atoms with E-state index in [0.717, 1.165) is 0 Å². The van der Waals surface area contributed by atoms with Gasteiger partial charge in [0.25, 0.3) is 11.4 Å². The van der Waals surface area contributed by atoms with Gasteiger partial charge in [-0.1, -0.05) is 0 Å². The van der Waals surface area contributed by atoms with Gasteiger partial charge in [0.15, 0.2) is 7.55 Å². The average molecular weight is 448 g/mol. The molecule has 11 heteroatoms. The van der Waals surface area contributed by atoms with Crippen LogP contribution in [0.15, 0.2) is 34.4 Å². The van der Waals surface area contributed by atoms with Crippen molar-refractivity contribution >= 4 is 7.55 Å². The first-order valence-electron chi connectivity index (χ1n) is 10.3. The van der Waals surface area contributed by atoms with E-state index in [4.69, 9.17) is 14.2 Å². The standard InChI is InChI=1S/C14H24BN4O2.C6H14O3.Na/c1-13(2,3)16-7-9-18(11(16)20)15-19-10-8-17(12(19)21)14(4,5)6;1-7-3-5-9-6-4-8-2;/h7-10H,15H2,1-6H3;3-6H2,1-2H3;/q-1;;+1. The zero-order valence-corrected chi connectivity index (χ0v) is 23.0. The van der Waals surface area contributed by atoms with Crippen LogP contribution in [0.4, 0.5) is 0 Å². The number of aromatic nitrogens is 4. The first-order chi connectivity index (χ1) is 13.9. The van der Waals surface area contributed by atoms with Gasteiger partial charge in [-0.3, -0.25) is 18.7 Å². The van der Waals surface area contributed by atoms with Crippen LogP contribution < -0.4 is 40.9 Å². The minimum Gasteiger partial charge on any atom is -0.460 e. The van der Waals surface area contributed by atoms with E-state index < -0.39 is 7.55 Å². The van der Waals surface area contributed by atoms with E-state index in [1.54, 1.807) is 57.1 Å². The van der Waals surface area contributed by atoms with Crippen LogP contribution in [0.25, 0.3) is 0 Å². The van der Waals surface area contributed by atoms with Crippen LogP contribution in [0.1, 0.15) is 41.5 Å². The molecule has 2 aromatic rings. The maximum Gasteiger partial charge on any atom is 1.00 e. The molecule has 0 amide bonds. The Balaban J connectivity index is 0.000000769. The van der Waals surface area contributed by atoms with Crippen LogP contribution >= 0.6 is 0 Å². The number of methoxy groups -OCH3 is 2. The van der Waals surface area contributed by atoms with Gasteiger partial charge in [-0.15, -0.1) is 0 Å². The minimum atomic E-state index is -1.06. The van der Waals surface area contributed by atoms with Gasteiger partial charge in [0, 0.05) is 37.7 Å². The maximum absolute atomic E-state index is 12.4. The molecule has 0 aliphatic heterocycles.